The fraction of sp³-hybridized carbons (Fsp3) is 0.818. The molecule has 2 aliphatic rings. The van der Waals surface area contributed by atoms with Gasteiger partial charge in [-0.2, -0.15) is 0 Å². The van der Waals surface area contributed by atoms with Crippen molar-refractivity contribution in [2.24, 2.45) is 11.8 Å². The first kappa shape index (κ1) is 10.6. The smallest absolute Gasteiger partial charge is 0.233 e. The standard InChI is InChI=1S/C11H17NO3/c1-7(6-13)12-10(14)8-4-2-3-5-9(8)11(12)15/h7-9,13H,2-6H2,1H3/t7-,8?,9?/m0/s1. The number of hydrogen-bond acceptors (Lipinski definition) is 3. The summed E-state index contributed by atoms with van der Waals surface area (Å²) in [5, 5.41) is 9.02. The Kier molecular flexibility index (Phi) is 2.78. The maximum Gasteiger partial charge on any atom is 0.233 e. The van der Waals surface area contributed by atoms with E-state index in [2.05, 4.69) is 0 Å². The van der Waals surface area contributed by atoms with E-state index in [1.165, 1.54) is 4.90 Å². The largest absolute Gasteiger partial charge is 0.394 e. The van der Waals surface area contributed by atoms with Crippen molar-refractivity contribution in [2.45, 2.75) is 38.6 Å². The van der Waals surface area contributed by atoms with Crippen LogP contribution in [0.3, 0.4) is 0 Å². The molecule has 1 saturated carbocycles. The fourth-order valence-electron chi connectivity index (χ4n) is 2.70. The Balaban J connectivity index is 2.21. The van der Waals surface area contributed by atoms with Gasteiger partial charge in [-0.05, 0) is 19.8 Å². The highest BCUT2D eigenvalue weighted by atomic mass is 16.3. The lowest BCUT2D eigenvalue weighted by Gasteiger charge is -2.20. The van der Waals surface area contributed by atoms with Crippen molar-refractivity contribution in [3.05, 3.63) is 0 Å². The average Bonchev–Trinajstić information content (AvgIpc) is 2.52. The van der Waals surface area contributed by atoms with Crippen LogP contribution in [0.25, 0.3) is 0 Å². The Labute approximate surface area is 89.3 Å². The maximum absolute atomic E-state index is 11.9. The average molecular weight is 211 g/mol. The molecule has 2 unspecified atom stereocenters. The first-order valence-electron chi connectivity index (χ1n) is 5.64. The molecule has 4 heteroatoms. The predicted molar refractivity (Wildman–Crippen MR) is 53.8 cm³/mol. The van der Waals surface area contributed by atoms with Gasteiger partial charge in [0.25, 0.3) is 0 Å². The summed E-state index contributed by atoms with van der Waals surface area (Å²) in [5.74, 6) is -0.321. The van der Waals surface area contributed by atoms with Crippen LogP contribution < -0.4 is 0 Å². The third-order valence-corrected chi connectivity index (χ3v) is 3.58. The topological polar surface area (TPSA) is 57.6 Å². The number of rotatable bonds is 2. The molecule has 1 N–H and O–H groups in total. The molecule has 1 saturated heterocycles. The lowest BCUT2D eigenvalue weighted by atomic mass is 9.81. The number of amides is 2. The van der Waals surface area contributed by atoms with Crippen molar-refractivity contribution in [1.82, 2.24) is 4.90 Å². The number of hydrogen-bond donors (Lipinski definition) is 1. The molecular weight excluding hydrogens is 194 g/mol. The van der Waals surface area contributed by atoms with Crippen molar-refractivity contribution >= 4 is 11.8 Å². The molecule has 2 fully saturated rings. The van der Waals surface area contributed by atoms with Gasteiger partial charge >= 0.3 is 0 Å². The van der Waals surface area contributed by atoms with Gasteiger partial charge in [-0.1, -0.05) is 12.8 Å². The molecule has 0 aromatic rings. The summed E-state index contributed by atoms with van der Waals surface area (Å²) in [6.45, 7) is 1.57. The zero-order valence-electron chi connectivity index (χ0n) is 8.98. The molecule has 15 heavy (non-hydrogen) atoms. The van der Waals surface area contributed by atoms with E-state index in [0.717, 1.165) is 25.7 Å². The van der Waals surface area contributed by atoms with Crippen LogP contribution >= 0.6 is 0 Å². The quantitative estimate of drug-likeness (QED) is 0.678. The normalized spacial score (nSPS) is 33.1. The summed E-state index contributed by atoms with van der Waals surface area (Å²) in [6.07, 6.45) is 3.76. The number of aliphatic hydroxyl groups is 1. The second kappa shape index (κ2) is 3.93. The molecule has 2 rings (SSSR count). The molecule has 1 aliphatic heterocycles. The van der Waals surface area contributed by atoms with E-state index in [4.69, 9.17) is 5.11 Å². The third-order valence-electron chi connectivity index (χ3n) is 3.58. The van der Waals surface area contributed by atoms with Crippen LogP contribution in [0.1, 0.15) is 32.6 Å². The Morgan fingerprint density at radius 1 is 1.27 bits per heavy atom. The second-order valence-corrected chi connectivity index (χ2v) is 4.58. The monoisotopic (exact) mass is 211 g/mol. The number of fused-ring (bicyclic) bond motifs is 1. The zero-order chi connectivity index (χ0) is 11.0. The molecule has 2 amide bonds. The van der Waals surface area contributed by atoms with Crippen LogP contribution in [0, 0.1) is 11.8 Å². The summed E-state index contributed by atoms with van der Waals surface area (Å²) < 4.78 is 0. The van der Waals surface area contributed by atoms with E-state index in [0.29, 0.717) is 0 Å². The van der Waals surface area contributed by atoms with Gasteiger partial charge in [-0.15, -0.1) is 0 Å². The predicted octanol–water partition coefficient (Wildman–Crippen LogP) is 0.542. The Hall–Kier alpha value is -0.900. The van der Waals surface area contributed by atoms with Gasteiger partial charge in [0.2, 0.25) is 11.8 Å². The molecular formula is C11H17NO3. The van der Waals surface area contributed by atoms with Gasteiger partial charge in [0, 0.05) is 0 Å². The van der Waals surface area contributed by atoms with E-state index >= 15 is 0 Å². The summed E-state index contributed by atoms with van der Waals surface area (Å²) >= 11 is 0. The first-order valence-corrected chi connectivity index (χ1v) is 5.64. The van der Waals surface area contributed by atoms with E-state index in [1.807, 2.05) is 0 Å². The number of likely N-dealkylation sites (tertiary alicyclic amines) is 1. The van der Waals surface area contributed by atoms with Gasteiger partial charge in [0.05, 0.1) is 24.5 Å². The van der Waals surface area contributed by atoms with Gasteiger partial charge in [-0.25, -0.2) is 0 Å². The lowest BCUT2D eigenvalue weighted by molar-refractivity contribution is -0.143. The molecule has 0 radical (unpaired) electrons. The molecule has 84 valence electrons. The molecule has 1 aliphatic carbocycles. The summed E-state index contributed by atoms with van der Waals surface area (Å²) in [6, 6.07) is -0.365. The Morgan fingerprint density at radius 3 is 2.13 bits per heavy atom. The molecule has 1 heterocycles. The van der Waals surface area contributed by atoms with Crippen LogP contribution in [-0.2, 0) is 9.59 Å². The molecule has 0 spiro atoms. The Bertz CT molecular complexity index is 266. The van der Waals surface area contributed by atoms with Crippen molar-refractivity contribution in [3.63, 3.8) is 0 Å². The second-order valence-electron chi connectivity index (χ2n) is 4.58. The minimum Gasteiger partial charge on any atom is -0.394 e. The number of nitrogens with zero attached hydrogens (tertiary/aromatic N) is 1. The zero-order valence-corrected chi connectivity index (χ0v) is 8.98. The van der Waals surface area contributed by atoms with Crippen molar-refractivity contribution in [2.75, 3.05) is 6.61 Å². The highest BCUT2D eigenvalue weighted by molar-refractivity contribution is 6.05. The van der Waals surface area contributed by atoms with Crippen molar-refractivity contribution < 1.29 is 14.7 Å². The van der Waals surface area contributed by atoms with Crippen molar-refractivity contribution in [3.8, 4) is 0 Å². The van der Waals surface area contributed by atoms with Gasteiger partial charge in [0.15, 0.2) is 0 Å². The summed E-state index contributed by atoms with van der Waals surface area (Å²) in [5.41, 5.74) is 0. The van der Waals surface area contributed by atoms with E-state index in [-0.39, 0.29) is 36.3 Å². The number of imide groups is 1. The third kappa shape index (κ3) is 1.57. The van der Waals surface area contributed by atoms with E-state index < -0.39 is 0 Å². The van der Waals surface area contributed by atoms with Crippen molar-refractivity contribution in [1.29, 1.82) is 0 Å². The van der Waals surface area contributed by atoms with Crippen LogP contribution in [0.15, 0.2) is 0 Å². The maximum atomic E-state index is 11.9. The van der Waals surface area contributed by atoms with E-state index in [1.54, 1.807) is 6.92 Å². The summed E-state index contributed by atoms with van der Waals surface area (Å²) in [7, 11) is 0. The summed E-state index contributed by atoms with van der Waals surface area (Å²) in [4.78, 5) is 25.2. The minimum absolute atomic E-state index is 0.0637. The first-order chi connectivity index (χ1) is 7.16. The van der Waals surface area contributed by atoms with Gasteiger partial charge in [0.1, 0.15) is 0 Å². The SMILES string of the molecule is C[C@@H](CO)N1C(=O)C2CCCCC2C1=O. The molecule has 0 aromatic heterocycles. The van der Waals surface area contributed by atoms with Gasteiger partial charge < -0.3 is 5.11 Å². The van der Waals surface area contributed by atoms with Crippen LogP contribution in [0.5, 0.6) is 0 Å². The molecule has 0 bridgehead atoms. The fourth-order valence-corrected chi connectivity index (χ4v) is 2.70. The number of carbonyl (C=O) groups excluding carboxylic acids is 2. The van der Waals surface area contributed by atoms with Crippen LogP contribution in [0.2, 0.25) is 0 Å². The van der Waals surface area contributed by atoms with Crippen LogP contribution in [0.4, 0.5) is 0 Å². The highest BCUT2D eigenvalue weighted by Gasteiger charge is 2.49. The Morgan fingerprint density at radius 2 is 1.73 bits per heavy atom. The van der Waals surface area contributed by atoms with E-state index in [9.17, 15) is 9.59 Å². The lowest BCUT2D eigenvalue weighted by Crippen LogP contribution is -2.40. The molecule has 4 nitrogen and oxygen atoms in total. The number of carbonyl (C=O) groups is 2. The molecule has 3 atom stereocenters. The van der Waals surface area contributed by atoms with Crippen LogP contribution in [-0.4, -0.2) is 34.5 Å². The van der Waals surface area contributed by atoms with Gasteiger partial charge in [-0.3, -0.25) is 14.5 Å². The highest BCUT2D eigenvalue weighted by Crippen LogP contribution is 2.38. The molecule has 0 aromatic carbocycles. The minimum atomic E-state index is -0.365. The number of aliphatic hydroxyl groups excluding tert-OH is 1.